The summed E-state index contributed by atoms with van der Waals surface area (Å²) in [5.74, 6) is -0.159. The van der Waals surface area contributed by atoms with Crippen molar-refractivity contribution in [3.8, 4) is 6.07 Å². The molecule has 0 bridgehead atoms. The van der Waals surface area contributed by atoms with Gasteiger partial charge in [-0.1, -0.05) is 15.9 Å². The normalized spacial score (nSPS) is 16.6. The molecule has 96 valence electrons. The van der Waals surface area contributed by atoms with Crippen LogP contribution in [0.4, 0.5) is 4.39 Å². The molecule has 0 N–H and O–H groups in total. The second-order valence-corrected chi connectivity index (χ2v) is 6.03. The number of nitriles is 1. The lowest BCUT2D eigenvalue weighted by atomic mass is 10.1. The van der Waals surface area contributed by atoms with Crippen molar-refractivity contribution in [1.29, 1.82) is 5.26 Å². The summed E-state index contributed by atoms with van der Waals surface area (Å²) in [4.78, 5) is 2.12. The van der Waals surface area contributed by atoms with Gasteiger partial charge in [-0.05, 0) is 50.1 Å². The number of halogens is 2. The van der Waals surface area contributed by atoms with Crippen molar-refractivity contribution >= 4 is 15.9 Å². The lowest BCUT2D eigenvalue weighted by Gasteiger charge is -2.19. The van der Waals surface area contributed by atoms with Crippen molar-refractivity contribution in [3.05, 3.63) is 34.1 Å². The molecule has 1 aromatic rings. The second-order valence-electron chi connectivity index (χ2n) is 5.12. The van der Waals surface area contributed by atoms with E-state index in [9.17, 15) is 4.39 Å². The molecule has 18 heavy (non-hydrogen) atoms. The molecular formula is C14H16BrFN2. The van der Waals surface area contributed by atoms with Crippen LogP contribution in [0.15, 0.2) is 22.7 Å². The molecule has 2 nitrogen and oxygen atoms in total. The third kappa shape index (κ3) is 3.30. The third-order valence-electron chi connectivity index (χ3n) is 3.43. The van der Waals surface area contributed by atoms with Gasteiger partial charge in [0.2, 0.25) is 0 Å². The van der Waals surface area contributed by atoms with Crippen LogP contribution in [0.3, 0.4) is 0 Å². The molecule has 0 radical (unpaired) electrons. The predicted octanol–water partition coefficient (Wildman–Crippen LogP) is 3.37. The summed E-state index contributed by atoms with van der Waals surface area (Å²) >= 11 is 3.35. The number of hydrogen-bond acceptors (Lipinski definition) is 2. The van der Waals surface area contributed by atoms with Crippen molar-refractivity contribution in [2.24, 2.45) is 5.41 Å². The van der Waals surface area contributed by atoms with Crippen LogP contribution in [0, 0.1) is 22.6 Å². The van der Waals surface area contributed by atoms with E-state index < -0.39 is 0 Å². The molecule has 0 aromatic heterocycles. The average Bonchev–Trinajstić information content (AvgIpc) is 3.11. The zero-order valence-corrected chi connectivity index (χ0v) is 12.0. The first kappa shape index (κ1) is 13.5. The zero-order chi connectivity index (χ0) is 13.2. The van der Waals surface area contributed by atoms with Gasteiger partial charge in [-0.2, -0.15) is 5.26 Å². The topological polar surface area (TPSA) is 27.0 Å². The molecule has 0 amide bonds. The first-order chi connectivity index (χ1) is 8.54. The lowest BCUT2D eigenvalue weighted by Crippen LogP contribution is -2.28. The summed E-state index contributed by atoms with van der Waals surface area (Å²) in [5.41, 5.74) is 0.600. The lowest BCUT2D eigenvalue weighted by molar-refractivity contribution is 0.296. The van der Waals surface area contributed by atoms with Crippen molar-refractivity contribution in [2.75, 3.05) is 20.1 Å². The highest BCUT2D eigenvalue weighted by atomic mass is 79.9. The minimum Gasteiger partial charge on any atom is -0.304 e. The van der Waals surface area contributed by atoms with Crippen LogP contribution in [0.1, 0.15) is 18.4 Å². The third-order valence-corrected chi connectivity index (χ3v) is 3.93. The Morgan fingerprint density at radius 1 is 1.50 bits per heavy atom. The highest BCUT2D eigenvalue weighted by Gasteiger charge is 2.43. The fraction of sp³-hybridized carbons (Fsp3) is 0.500. The Hall–Kier alpha value is -0.920. The maximum Gasteiger partial charge on any atom is 0.126 e. The highest BCUT2D eigenvalue weighted by Crippen LogP contribution is 2.45. The van der Waals surface area contributed by atoms with E-state index in [1.807, 2.05) is 13.1 Å². The Morgan fingerprint density at radius 3 is 2.83 bits per heavy atom. The highest BCUT2D eigenvalue weighted by molar-refractivity contribution is 9.10. The number of likely N-dealkylation sites (N-methyl/N-ethyl adjacent to an activating group) is 1. The van der Waals surface area contributed by atoms with Gasteiger partial charge >= 0.3 is 0 Å². The van der Waals surface area contributed by atoms with E-state index in [0.717, 1.165) is 36.0 Å². The Bertz CT molecular complexity index is 477. The predicted molar refractivity (Wildman–Crippen MR) is 72.6 cm³/mol. The maximum absolute atomic E-state index is 13.5. The van der Waals surface area contributed by atoms with Crippen molar-refractivity contribution in [1.82, 2.24) is 4.90 Å². The standard InChI is InChI=1S/C14H16BrFN2/c1-18(10-14(9-17)5-6-14)7-4-11-8-12(15)2-3-13(11)16/h2-3,8H,4-7,10H2,1H3. The maximum atomic E-state index is 13.5. The second kappa shape index (κ2) is 5.38. The smallest absolute Gasteiger partial charge is 0.126 e. The van der Waals surface area contributed by atoms with Gasteiger partial charge in [0.05, 0.1) is 11.5 Å². The summed E-state index contributed by atoms with van der Waals surface area (Å²) in [6, 6.07) is 7.39. The van der Waals surface area contributed by atoms with Crippen molar-refractivity contribution < 1.29 is 4.39 Å². The van der Waals surface area contributed by atoms with E-state index in [1.165, 1.54) is 6.07 Å². The van der Waals surface area contributed by atoms with E-state index in [0.29, 0.717) is 6.42 Å². The van der Waals surface area contributed by atoms with Crippen molar-refractivity contribution in [2.45, 2.75) is 19.3 Å². The van der Waals surface area contributed by atoms with E-state index in [1.54, 1.807) is 6.07 Å². The molecular weight excluding hydrogens is 295 g/mol. The fourth-order valence-electron chi connectivity index (χ4n) is 2.10. The summed E-state index contributed by atoms with van der Waals surface area (Å²) in [6.07, 6.45) is 2.67. The molecule has 1 fully saturated rings. The van der Waals surface area contributed by atoms with Gasteiger partial charge in [-0.15, -0.1) is 0 Å². The van der Waals surface area contributed by atoms with Gasteiger partial charge in [0.15, 0.2) is 0 Å². The Kier molecular flexibility index (Phi) is 4.04. The van der Waals surface area contributed by atoms with Crippen LogP contribution in [-0.4, -0.2) is 25.0 Å². The molecule has 0 atom stereocenters. The molecule has 4 heteroatoms. The van der Waals surface area contributed by atoms with Crippen LogP contribution in [0.5, 0.6) is 0 Å². The van der Waals surface area contributed by atoms with Crippen molar-refractivity contribution in [3.63, 3.8) is 0 Å². The largest absolute Gasteiger partial charge is 0.304 e. The summed E-state index contributed by atoms with van der Waals surface area (Å²) in [5, 5.41) is 9.03. The summed E-state index contributed by atoms with van der Waals surface area (Å²) < 4.78 is 14.4. The van der Waals surface area contributed by atoms with Gasteiger partial charge in [-0.3, -0.25) is 0 Å². The molecule has 1 saturated carbocycles. The molecule has 0 spiro atoms. The first-order valence-electron chi connectivity index (χ1n) is 6.08. The van der Waals surface area contributed by atoms with Crippen LogP contribution < -0.4 is 0 Å². The summed E-state index contributed by atoms with van der Waals surface area (Å²) in [6.45, 7) is 1.57. The zero-order valence-electron chi connectivity index (χ0n) is 10.4. The number of rotatable bonds is 5. The van der Waals surface area contributed by atoms with Crippen LogP contribution in [0.2, 0.25) is 0 Å². The Morgan fingerprint density at radius 2 is 2.22 bits per heavy atom. The molecule has 1 aliphatic rings. The van der Waals surface area contributed by atoms with E-state index in [-0.39, 0.29) is 11.2 Å². The summed E-state index contributed by atoms with van der Waals surface area (Å²) in [7, 11) is 1.99. The van der Waals surface area contributed by atoms with E-state index >= 15 is 0 Å². The molecule has 0 saturated heterocycles. The molecule has 1 aromatic carbocycles. The molecule has 0 unspecified atom stereocenters. The first-order valence-corrected chi connectivity index (χ1v) is 6.88. The minimum absolute atomic E-state index is 0.120. The number of nitrogens with zero attached hydrogens (tertiary/aromatic N) is 2. The van der Waals surface area contributed by atoms with Crippen LogP contribution in [-0.2, 0) is 6.42 Å². The number of benzene rings is 1. The van der Waals surface area contributed by atoms with Gasteiger partial charge in [0.1, 0.15) is 5.82 Å². The van der Waals surface area contributed by atoms with E-state index in [4.69, 9.17) is 5.26 Å². The van der Waals surface area contributed by atoms with Crippen LogP contribution >= 0.6 is 15.9 Å². The molecule has 0 aliphatic heterocycles. The quantitative estimate of drug-likeness (QED) is 0.834. The Balaban J connectivity index is 1.87. The monoisotopic (exact) mass is 310 g/mol. The Labute approximate surface area is 116 Å². The minimum atomic E-state index is -0.159. The van der Waals surface area contributed by atoms with Gasteiger partial charge in [0.25, 0.3) is 0 Å². The number of hydrogen-bond donors (Lipinski definition) is 0. The molecule has 1 aliphatic carbocycles. The van der Waals surface area contributed by atoms with Gasteiger partial charge in [0, 0.05) is 17.6 Å². The average molecular weight is 311 g/mol. The molecule has 2 rings (SSSR count). The van der Waals surface area contributed by atoms with Crippen LogP contribution in [0.25, 0.3) is 0 Å². The SMILES string of the molecule is CN(CCc1cc(Br)ccc1F)CC1(C#N)CC1. The van der Waals surface area contributed by atoms with E-state index in [2.05, 4.69) is 26.9 Å². The fourth-order valence-corrected chi connectivity index (χ4v) is 2.51. The van der Waals surface area contributed by atoms with Gasteiger partial charge in [-0.25, -0.2) is 4.39 Å². The molecule has 0 heterocycles. The van der Waals surface area contributed by atoms with Gasteiger partial charge < -0.3 is 4.90 Å².